The first-order valence-corrected chi connectivity index (χ1v) is 26.4. The Labute approximate surface area is 426 Å². The average molecular weight is 1120 g/mol. The fraction of sp³-hybridized carbons (Fsp3) is 0.214. The van der Waals surface area contributed by atoms with Crippen molar-refractivity contribution in [1.29, 1.82) is 0 Å². The highest BCUT2D eigenvalue weighted by molar-refractivity contribution is 9.09. The lowest BCUT2D eigenvalue weighted by molar-refractivity contribution is 0.112. The minimum absolute atomic E-state index is 0.462. The first-order chi connectivity index (χ1) is 34.1. The first kappa shape index (κ1) is 48.2. The maximum absolute atomic E-state index is 6.08. The molecule has 0 saturated carbocycles. The molecule has 0 radical (unpaired) electrons. The van der Waals surface area contributed by atoms with Gasteiger partial charge in [-0.3, -0.25) is 0 Å². The van der Waals surface area contributed by atoms with Gasteiger partial charge in [0.25, 0.3) is 0 Å². The number of hydrogen-bond donors (Lipinski definition) is 4. The molecule has 4 N–H and O–H groups in total. The van der Waals surface area contributed by atoms with E-state index < -0.39 is 0 Å². The topological polar surface area (TPSA) is 119 Å². The third-order valence-corrected chi connectivity index (χ3v) is 12.5. The van der Waals surface area contributed by atoms with E-state index in [0.717, 1.165) is 122 Å². The van der Waals surface area contributed by atoms with E-state index in [4.69, 9.17) is 28.4 Å². The molecule has 1 aliphatic rings. The number of aromatic amines is 4. The summed E-state index contributed by atoms with van der Waals surface area (Å²) in [5.74, 6) is 2.33. The van der Waals surface area contributed by atoms with Crippen LogP contribution in [-0.4, -0.2) is 95.4 Å². The van der Waals surface area contributed by atoms with Gasteiger partial charge in [-0.05, 0) is 107 Å². The zero-order chi connectivity index (χ0) is 47.2. The molecule has 1 aliphatic heterocycles. The van der Waals surface area contributed by atoms with Gasteiger partial charge in [0.15, 0.2) is 0 Å². The van der Waals surface area contributed by atoms with Crippen LogP contribution in [-0.2, 0) is 14.2 Å². The van der Waals surface area contributed by atoms with Crippen LogP contribution in [0.4, 0.5) is 0 Å². The van der Waals surface area contributed by atoms with Gasteiger partial charge in [0, 0.05) is 82.5 Å². The van der Waals surface area contributed by atoms with Crippen LogP contribution in [0, 0.1) is 0 Å². The van der Waals surface area contributed by atoms with E-state index in [0.29, 0.717) is 59.5 Å². The molecular weight excluding hydrogens is 1060 g/mol. The number of H-pyrrole nitrogens is 4. The van der Waals surface area contributed by atoms with Crippen molar-refractivity contribution in [3.05, 3.63) is 218 Å². The quantitative estimate of drug-likeness (QED) is 0.0399. The largest absolute Gasteiger partial charge is 0.491 e. The smallest absolute Gasteiger partial charge is 0.119 e. The number of rotatable bonds is 22. The molecule has 4 aromatic heterocycles. The van der Waals surface area contributed by atoms with Gasteiger partial charge in [-0.2, -0.15) is 0 Å². The number of halogens is 3. The van der Waals surface area contributed by atoms with E-state index in [1.807, 2.05) is 42.5 Å². The molecule has 0 saturated heterocycles. The van der Waals surface area contributed by atoms with Gasteiger partial charge in [0.05, 0.1) is 39.6 Å². The van der Waals surface area contributed by atoms with Crippen LogP contribution in [0.15, 0.2) is 152 Å². The van der Waals surface area contributed by atoms with E-state index in [2.05, 4.69) is 177 Å². The lowest BCUT2D eigenvalue weighted by Gasteiger charge is -2.11. The molecule has 8 aromatic rings. The number of aromatic nitrogens is 4. The van der Waals surface area contributed by atoms with Gasteiger partial charge < -0.3 is 48.4 Å². The van der Waals surface area contributed by atoms with E-state index in [1.54, 1.807) is 0 Å². The molecule has 354 valence electrons. The number of fused-ring (bicyclic) bond motifs is 8. The van der Waals surface area contributed by atoms with Crippen molar-refractivity contribution in [2.75, 3.05) is 75.5 Å². The van der Waals surface area contributed by atoms with E-state index in [-0.39, 0.29) is 0 Å². The normalized spacial score (nSPS) is 12.4. The van der Waals surface area contributed by atoms with E-state index >= 15 is 0 Å². The second-order valence-electron chi connectivity index (χ2n) is 16.0. The number of benzene rings is 4. The van der Waals surface area contributed by atoms with Crippen LogP contribution in [0.2, 0.25) is 0 Å². The minimum atomic E-state index is 0.462. The van der Waals surface area contributed by atoms with Gasteiger partial charge in [-0.15, -0.1) is 0 Å². The zero-order valence-electron chi connectivity index (χ0n) is 38.0. The molecule has 13 heteroatoms. The van der Waals surface area contributed by atoms with Gasteiger partial charge in [0.2, 0.25) is 0 Å². The molecule has 8 bridgehead atoms. The molecule has 0 unspecified atom stereocenters. The van der Waals surface area contributed by atoms with Gasteiger partial charge in [-0.1, -0.05) is 115 Å². The second kappa shape index (κ2) is 24.2. The van der Waals surface area contributed by atoms with Crippen LogP contribution >= 0.6 is 47.8 Å². The summed E-state index contributed by atoms with van der Waals surface area (Å²) in [5.41, 5.74) is 12.0. The molecule has 0 fully saturated rings. The minimum Gasteiger partial charge on any atom is -0.491 e. The number of ether oxygens (including phenoxy) is 6. The molecule has 9 rings (SSSR count). The first-order valence-electron chi connectivity index (χ1n) is 23.0. The standard InChI is InChI=1S/C56H53Br3N4O6/c57-26-29-64-32-35-67-42-12-6-39(7-13-42)54-47-20-18-45(60-47)53(38-4-2-1-3-5-38)46-19-21-48(61-46)55(40-8-14-43(15-9-40)68-36-33-65-30-27-58)50-23-25-52(63-50)56(51-24-22-49(54)62-51)41-10-16-44(17-11-41)69-37-34-66-31-28-59/h1-25,60-63H,26-37H2. The Morgan fingerprint density at radius 3 is 0.855 bits per heavy atom. The lowest BCUT2D eigenvalue weighted by Crippen LogP contribution is -2.19. The molecule has 0 spiro atoms. The van der Waals surface area contributed by atoms with Crippen molar-refractivity contribution >= 4 is 70.1 Å². The van der Waals surface area contributed by atoms with Crippen molar-refractivity contribution < 1.29 is 28.4 Å². The molecular formula is C56H53Br3N4O6. The van der Waals surface area contributed by atoms with Crippen molar-refractivity contribution in [3.8, 4) is 17.2 Å². The van der Waals surface area contributed by atoms with Gasteiger partial charge >= 0.3 is 0 Å². The SMILES string of the molecule is BrCCOCCOc1ccc(C2=c3ccc([nH]3)=C(c3ccccc3)c3ccc([nH]3)C(c3ccc(OCCOCCBr)cc3)=c3ccc([nH]3)=C(c3ccc(OCCOCCBr)cc3)c3ccc2[nH]3)cc1. The highest BCUT2D eigenvalue weighted by atomic mass is 79.9. The summed E-state index contributed by atoms with van der Waals surface area (Å²) < 4.78 is 35.1. The van der Waals surface area contributed by atoms with Crippen molar-refractivity contribution in [2.24, 2.45) is 0 Å². The molecule has 0 aliphatic carbocycles. The average Bonchev–Trinajstić information content (AvgIpc) is 4.24. The predicted molar refractivity (Wildman–Crippen MR) is 284 cm³/mol. The Bertz CT molecular complexity index is 3160. The number of hydrogen-bond acceptors (Lipinski definition) is 6. The van der Waals surface area contributed by atoms with Crippen molar-refractivity contribution in [1.82, 2.24) is 19.9 Å². The molecule has 69 heavy (non-hydrogen) atoms. The van der Waals surface area contributed by atoms with Crippen LogP contribution in [0.25, 0.3) is 22.3 Å². The number of alkyl halides is 3. The van der Waals surface area contributed by atoms with E-state index in [9.17, 15) is 0 Å². The summed E-state index contributed by atoms with van der Waals surface area (Å²) in [5, 5.41) is 6.19. The van der Waals surface area contributed by atoms with Crippen LogP contribution in [0.1, 0.15) is 45.0 Å². The fourth-order valence-corrected chi connectivity index (χ4v) is 9.14. The van der Waals surface area contributed by atoms with Crippen LogP contribution in [0.3, 0.4) is 0 Å². The molecule has 4 aromatic carbocycles. The third kappa shape index (κ3) is 12.0. The van der Waals surface area contributed by atoms with E-state index in [1.165, 1.54) is 0 Å². The van der Waals surface area contributed by atoms with Crippen molar-refractivity contribution in [2.45, 2.75) is 0 Å². The summed E-state index contributed by atoms with van der Waals surface area (Å²) >= 11 is 10.2. The molecule has 0 amide bonds. The monoisotopic (exact) mass is 1110 g/mol. The van der Waals surface area contributed by atoms with Crippen LogP contribution < -0.4 is 35.6 Å². The Hall–Kier alpha value is -5.80. The zero-order valence-corrected chi connectivity index (χ0v) is 42.8. The maximum Gasteiger partial charge on any atom is 0.119 e. The van der Waals surface area contributed by atoms with Gasteiger partial charge in [0.1, 0.15) is 37.1 Å². The maximum atomic E-state index is 6.08. The Morgan fingerprint density at radius 2 is 0.565 bits per heavy atom. The summed E-state index contributed by atoms with van der Waals surface area (Å²) in [6.07, 6.45) is 0. The lowest BCUT2D eigenvalue weighted by atomic mass is 10.0. The van der Waals surface area contributed by atoms with Crippen LogP contribution in [0.5, 0.6) is 17.2 Å². The summed E-state index contributed by atoms with van der Waals surface area (Å²) in [7, 11) is 0. The second-order valence-corrected chi connectivity index (χ2v) is 18.4. The Kier molecular flexibility index (Phi) is 16.9. The Balaban J connectivity index is 1.22. The predicted octanol–water partition coefficient (Wildman–Crippen LogP) is 8.67. The fourth-order valence-electron chi connectivity index (χ4n) is 8.45. The summed E-state index contributed by atoms with van der Waals surface area (Å²) in [6, 6.07) is 52.7. The highest BCUT2D eigenvalue weighted by Crippen LogP contribution is 2.30. The third-order valence-electron chi connectivity index (χ3n) is 11.5. The molecule has 5 heterocycles. The number of nitrogens with one attached hydrogen (secondary N) is 4. The summed E-state index contributed by atoms with van der Waals surface area (Å²) in [6.45, 7) is 4.87. The molecule has 0 atom stereocenters. The summed E-state index contributed by atoms with van der Waals surface area (Å²) in [4.78, 5) is 15.5. The Morgan fingerprint density at radius 1 is 0.275 bits per heavy atom. The highest BCUT2D eigenvalue weighted by Gasteiger charge is 2.19. The molecule has 10 nitrogen and oxygen atoms in total. The van der Waals surface area contributed by atoms with Gasteiger partial charge in [-0.25, -0.2) is 0 Å². The van der Waals surface area contributed by atoms with Crippen molar-refractivity contribution in [3.63, 3.8) is 0 Å².